The molecule has 5 nitrogen and oxygen atoms in total. The smallest absolute Gasteiger partial charge is 0.227 e. The predicted molar refractivity (Wildman–Crippen MR) is 59.9 cm³/mol. The molecule has 0 spiro atoms. The third-order valence-electron chi connectivity index (χ3n) is 4.42. The van der Waals surface area contributed by atoms with Crippen molar-refractivity contribution >= 4 is 11.8 Å². The Balaban J connectivity index is 1.62. The van der Waals surface area contributed by atoms with Gasteiger partial charge in [-0.15, -0.1) is 0 Å². The minimum atomic E-state index is -0.293. The number of amides is 2. The highest BCUT2D eigenvalue weighted by molar-refractivity contribution is 5.85. The van der Waals surface area contributed by atoms with E-state index in [1.807, 2.05) is 11.9 Å². The SMILES string of the molecule is CN1C[C@@H]2CN(C(=O)C3CC(O)C3)C[C@@H]2C1=O. The van der Waals surface area contributed by atoms with Crippen LogP contribution >= 0.6 is 0 Å². The van der Waals surface area contributed by atoms with Crippen molar-refractivity contribution in [3.8, 4) is 0 Å². The van der Waals surface area contributed by atoms with Gasteiger partial charge in [-0.2, -0.15) is 0 Å². The van der Waals surface area contributed by atoms with E-state index in [0.29, 0.717) is 31.8 Å². The summed E-state index contributed by atoms with van der Waals surface area (Å²) in [6.45, 7) is 2.08. The zero-order valence-corrected chi connectivity index (χ0v) is 10.0. The molecule has 1 aliphatic carbocycles. The molecular weight excluding hydrogens is 220 g/mol. The number of nitrogens with zero attached hydrogens (tertiary/aromatic N) is 2. The molecule has 2 aliphatic heterocycles. The minimum Gasteiger partial charge on any atom is -0.393 e. The molecule has 0 aromatic rings. The molecule has 2 amide bonds. The van der Waals surface area contributed by atoms with Crippen LogP contribution < -0.4 is 0 Å². The molecular formula is C12H18N2O3. The minimum absolute atomic E-state index is 0.00309. The molecule has 3 fully saturated rings. The van der Waals surface area contributed by atoms with Crippen molar-refractivity contribution in [2.45, 2.75) is 18.9 Å². The van der Waals surface area contributed by atoms with Gasteiger partial charge in [0.1, 0.15) is 0 Å². The fraction of sp³-hybridized carbons (Fsp3) is 0.833. The summed E-state index contributed by atoms with van der Waals surface area (Å²) in [7, 11) is 1.83. The second-order valence-corrected chi connectivity index (χ2v) is 5.65. The highest BCUT2D eigenvalue weighted by atomic mass is 16.3. The number of aliphatic hydroxyl groups excluding tert-OH is 1. The first-order valence-electron chi connectivity index (χ1n) is 6.28. The van der Waals surface area contributed by atoms with Crippen molar-refractivity contribution in [1.82, 2.24) is 9.80 Å². The quantitative estimate of drug-likeness (QED) is 0.657. The Morgan fingerprint density at radius 1 is 1.29 bits per heavy atom. The van der Waals surface area contributed by atoms with Gasteiger partial charge in [0.05, 0.1) is 12.0 Å². The van der Waals surface area contributed by atoms with Crippen LogP contribution in [0.25, 0.3) is 0 Å². The van der Waals surface area contributed by atoms with Gasteiger partial charge in [0.2, 0.25) is 11.8 Å². The predicted octanol–water partition coefficient (Wildman–Crippen LogP) is -0.696. The summed E-state index contributed by atoms with van der Waals surface area (Å²) in [5.74, 6) is 0.658. The van der Waals surface area contributed by atoms with Crippen LogP contribution in [0, 0.1) is 17.8 Å². The summed E-state index contributed by atoms with van der Waals surface area (Å²) in [5, 5.41) is 9.22. The van der Waals surface area contributed by atoms with E-state index in [0.717, 1.165) is 6.54 Å². The van der Waals surface area contributed by atoms with Gasteiger partial charge >= 0.3 is 0 Å². The molecule has 2 heterocycles. The fourth-order valence-electron chi connectivity index (χ4n) is 3.29. The van der Waals surface area contributed by atoms with Gasteiger partial charge in [-0.05, 0) is 12.8 Å². The van der Waals surface area contributed by atoms with E-state index >= 15 is 0 Å². The van der Waals surface area contributed by atoms with Gasteiger partial charge in [-0.3, -0.25) is 9.59 Å². The lowest BCUT2D eigenvalue weighted by molar-refractivity contribution is -0.142. The molecule has 0 unspecified atom stereocenters. The van der Waals surface area contributed by atoms with Crippen molar-refractivity contribution < 1.29 is 14.7 Å². The highest BCUT2D eigenvalue weighted by Crippen LogP contribution is 2.35. The van der Waals surface area contributed by atoms with E-state index in [1.165, 1.54) is 0 Å². The van der Waals surface area contributed by atoms with Gasteiger partial charge in [0.15, 0.2) is 0 Å². The van der Waals surface area contributed by atoms with Crippen LogP contribution in [0.4, 0.5) is 0 Å². The molecule has 94 valence electrons. The monoisotopic (exact) mass is 238 g/mol. The van der Waals surface area contributed by atoms with Gasteiger partial charge in [-0.25, -0.2) is 0 Å². The fourth-order valence-corrected chi connectivity index (χ4v) is 3.29. The van der Waals surface area contributed by atoms with E-state index < -0.39 is 0 Å². The Morgan fingerprint density at radius 2 is 2.00 bits per heavy atom. The average Bonchev–Trinajstić information content (AvgIpc) is 2.75. The van der Waals surface area contributed by atoms with Crippen LogP contribution in [-0.2, 0) is 9.59 Å². The Hall–Kier alpha value is -1.10. The largest absolute Gasteiger partial charge is 0.393 e. The molecule has 3 aliphatic rings. The second kappa shape index (κ2) is 3.70. The molecule has 2 atom stereocenters. The zero-order chi connectivity index (χ0) is 12.2. The van der Waals surface area contributed by atoms with Crippen LogP contribution in [-0.4, -0.2) is 59.5 Å². The van der Waals surface area contributed by atoms with Crippen molar-refractivity contribution in [2.75, 3.05) is 26.7 Å². The zero-order valence-electron chi connectivity index (χ0n) is 10.0. The van der Waals surface area contributed by atoms with Crippen molar-refractivity contribution in [3.63, 3.8) is 0 Å². The van der Waals surface area contributed by atoms with E-state index in [9.17, 15) is 14.7 Å². The van der Waals surface area contributed by atoms with Crippen molar-refractivity contribution in [2.24, 2.45) is 17.8 Å². The third-order valence-corrected chi connectivity index (χ3v) is 4.42. The number of rotatable bonds is 1. The first-order valence-corrected chi connectivity index (χ1v) is 6.28. The van der Waals surface area contributed by atoms with Gasteiger partial charge in [0, 0.05) is 38.5 Å². The number of likely N-dealkylation sites (tertiary alicyclic amines) is 2. The maximum Gasteiger partial charge on any atom is 0.227 e. The van der Waals surface area contributed by atoms with Gasteiger partial charge in [-0.1, -0.05) is 0 Å². The highest BCUT2D eigenvalue weighted by Gasteiger charge is 2.48. The number of hydrogen-bond acceptors (Lipinski definition) is 3. The molecule has 1 saturated carbocycles. The van der Waals surface area contributed by atoms with Crippen LogP contribution in [0.1, 0.15) is 12.8 Å². The molecule has 5 heteroatoms. The van der Waals surface area contributed by atoms with E-state index in [2.05, 4.69) is 0 Å². The number of carbonyl (C=O) groups is 2. The lowest BCUT2D eigenvalue weighted by atomic mass is 9.81. The first-order chi connectivity index (χ1) is 8.06. The summed E-state index contributed by atoms with van der Waals surface area (Å²) in [6, 6.07) is 0. The topological polar surface area (TPSA) is 60.9 Å². The molecule has 0 aromatic heterocycles. The maximum absolute atomic E-state index is 12.1. The first kappa shape index (κ1) is 11.0. The van der Waals surface area contributed by atoms with Crippen LogP contribution in [0.5, 0.6) is 0 Å². The number of fused-ring (bicyclic) bond motifs is 1. The summed E-state index contributed by atoms with van der Waals surface area (Å²) >= 11 is 0. The van der Waals surface area contributed by atoms with Crippen molar-refractivity contribution in [1.29, 1.82) is 0 Å². The van der Waals surface area contributed by atoms with Gasteiger partial charge in [0.25, 0.3) is 0 Å². The number of carbonyl (C=O) groups excluding carboxylic acids is 2. The Morgan fingerprint density at radius 3 is 2.59 bits per heavy atom. The summed E-state index contributed by atoms with van der Waals surface area (Å²) in [6.07, 6.45) is 0.899. The van der Waals surface area contributed by atoms with Crippen molar-refractivity contribution in [3.05, 3.63) is 0 Å². The summed E-state index contributed by atoms with van der Waals surface area (Å²) in [5.41, 5.74) is 0. The summed E-state index contributed by atoms with van der Waals surface area (Å²) < 4.78 is 0. The molecule has 1 N–H and O–H groups in total. The van der Waals surface area contributed by atoms with E-state index in [-0.39, 0.29) is 29.8 Å². The molecule has 17 heavy (non-hydrogen) atoms. The van der Waals surface area contributed by atoms with Crippen LogP contribution in [0.2, 0.25) is 0 Å². The van der Waals surface area contributed by atoms with Crippen LogP contribution in [0.3, 0.4) is 0 Å². The normalized spacial score (nSPS) is 40.5. The molecule has 2 saturated heterocycles. The molecule has 0 aromatic carbocycles. The van der Waals surface area contributed by atoms with E-state index in [1.54, 1.807) is 4.90 Å². The maximum atomic E-state index is 12.1. The molecule has 3 rings (SSSR count). The average molecular weight is 238 g/mol. The third kappa shape index (κ3) is 1.64. The standard InChI is InChI=1S/C12H18N2O3/c1-13-4-8-5-14(6-10(8)12(13)17)11(16)7-2-9(15)3-7/h7-10,15H,2-6H2,1H3/t7?,8-,9?,10+/m1/s1. The second-order valence-electron chi connectivity index (χ2n) is 5.65. The van der Waals surface area contributed by atoms with Gasteiger partial charge < -0.3 is 14.9 Å². The molecule has 0 radical (unpaired) electrons. The summed E-state index contributed by atoms with van der Waals surface area (Å²) in [4.78, 5) is 27.5. The lowest BCUT2D eigenvalue weighted by Crippen LogP contribution is -2.44. The number of aliphatic hydroxyl groups is 1. The Kier molecular flexibility index (Phi) is 2.40. The van der Waals surface area contributed by atoms with Crippen LogP contribution in [0.15, 0.2) is 0 Å². The molecule has 0 bridgehead atoms. The Bertz CT molecular complexity index is 365. The number of hydrogen-bond donors (Lipinski definition) is 1. The Labute approximate surface area is 100 Å². The van der Waals surface area contributed by atoms with E-state index in [4.69, 9.17) is 0 Å². The lowest BCUT2D eigenvalue weighted by Gasteiger charge is -2.33.